The Morgan fingerprint density at radius 2 is 1.43 bits per heavy atom. The Morgan fingerprint density at radius 3 is 2.03 bits per heavy atom. The fourth-order valence-corrected chi connectivity index (χ4v) is 4.82. The number of fused-ring (bicyclic) bond motifs is 1. The van der Waals surface area contributed by atoms with Crippen molar-refractivity contribution in [2.75, 3.05) is 46.4 Å². The number of nitrogens with two attached hydrogens (primary N) is 1. The number of nitrogens with zero attached hydrogens (tertiary/aromatic N) is 1. The van der Waals surface area contributed by atoms with E-state index in [1.54, 1.807) is 28.4 Å². The van der Waals surface area contributed by atoms with E-state index in [1.807, 2.05) is 12.1 Å². The Bertz CT molecular complexity index is 1110. The van der Waals surface area contributed by atoms with E-state index in [0.717, 1.165) is 52.4 Å². The van der Waals surface area contributed by atoms with Crippen LogP contribution in [0, 0.1) is 0 Å². The zero-order valence-electron chi connectivity index (χ0n) is 21.1. The van der Waals surface area contributed by atoms with Crippen LogP contribution in [0.2, 0.25) is 0 Å². The molecule has 3 aromatic carbocycles. The fraction of sp³-hybridized carbons (Fsp3) is 0.357. The summed E-state index contributed by atoms with van der Waals surface area (Å²) < 4.78 is 22.2. The summed E-state index contributed by atoms with van der Waals surface area (Å²) in [6.07, 6.45) is 1.87. The van der Waals surface area contributed by atoms with Crippen LogP contribution in [0.4, 0.5) is 5.69 Å². The Morgan fingerprint density at radius 1 is 0.857 bits per heavy atom. The lowest BCUT2D eigenvalue weighted by molar-refractivity contribution is 0.354. The van der Waals surface area contributed by atoms with Gasteiger partial charge in [-0.1, -0.05) is 46.3 Å². The molecule has 1 heterocycles. The predicted octanol–water partition coefficient (Wildman–Crippen LogP) is 5.80. The Balaban J connectivity index is 0.000000214. The van der Waals surface area contributed by atoms with Gasteiger partial charge in [0.1, 0.15) is 0 Å². The summed E-state index contributed by atoms with van der Waals surface area (Å²) in [5.41, 5.74) is 10.5. The zero-order valence-corrected chi connectivity index (χ0v) is 22.7. The molecule has 0 fully saturated rings. The Kier molecular flexibility index (Phi) is 9.69. The van der Waals surface area contributed by atoms with Gasteiger partial charge in [-0.2, -0.15) is 0 Å². The first-order valence-corrected chi connectivity index (χ1v) is 12.4. The Labute approximate surface area is 217 Å². The second-order valence-electron chi connectivity index (χ2n) is 8.20. The lowest BCUT2D eigenvalue weighted by Gasteiger charge is -2.28. The van der Waals surface area contributed by atoms with E-state index in [9.17, 15) is 0 Å². The summed E-state index contributed by atoms with van der Waals surface area (Å²) in [6, 6.07) is 19.0. The van der Waals surface area contributed by atoms with Crippen LogP contribution in [0.1, 0.15) is 29.7 Å². The molecule has 4 rings (SSSR count). The first-order valence-electron chi connectivity index (χ1n) is 11.6. The third-order valence-electron chi connectivity index (χ3n) is 6.23. The maximum Gasteiger partial charge on any atom is 0.162 e. The fourth-order valence-electron chi connectivity index (χ4n) is 4.30. The smallest absolute Gasteiger partial charge is 0.162 e. The van der Waals surface area contributed by atoms with Crippen LogP contribution < -0.4 is 29.6 Å². The van der Waals surface area contributed by atoms with Crippen molar-refractivity contribution in [2.24, 2.45) is 5.73 Å². The van der Waals surface area contributed by atoms with Crippen LogP contribution in [-0.4, -0.2) is 41.5 Å². The van der Waals surface area contributed by atoms with E-state index in [0.29, 0.717) is 12.6 Å². The number of hydrogen-bond acceptors (Lipinski definition) is 6. The summed E-state index contributed by atoms with van der Waals surface area (Å²) in [4.78, 5) is 2.44. The molecule has 0 bridgehead atoms. The molecule has 0 amide bonds. The molecule has 1 atom stereocenters. The summed E-state index contributed by atoms with van der Waals surface area (Å²) in [5, 5.41) is 0. The van der Waals surface area contributed by atoms with Crippen molar-refractivity contribution in [3.8, 4) is 23.0 Å². The molecule has 1 aliphatic rings. The van der Waals surface area contributed by atoms with Crippen LogP contribution in [0.3, 0.4) is 0 Å². The maximum absolute atomic E-state index is 5.50. The number of ether oxygens (including phenoxy) is 4. The van der Waals surface area contributed by atoms with Gasteiger partial charge in [-0.3, -0.25) is 0 Å². The molecule has 0 spiro atoms. The molecule has 0 radical (unpaired) electrons. The molecule has 1 unspecified atom stereocenters. The minimum atomic E-state index is 0.352. The molecule has 6 nitrogen and oxygen atoms in total. The van der Waals surface area contributed by atoms with Gasteiger partial charge in [-0.05, 0) is 61.2 Å². The predicted molar refractivity (Wildman–Crippen MR) is 145 cm³/mol. The molecule has 0 aromatic heterocycles. The highest BCUT2D eigenvalue weighted by Crippen LogP contribution is 2.41. The van der Waals surface area contributed by atoms with Crippen LogP contribution in [0.25, 0.3) is 0 Å². The van der Waals surface area contributed by atoms with Gasteiger partial charge in [0.05, 0.1) is 34.5 Å². The Hall–Kier alpha value is -2.90. The van der Waals surface area contributed by atoms with Crippen LogP contribution in [0.15, 0.2) is 59.1 Å². The topological polar surface area (TPSA) is 66.2 Å². The van der Waals surface area contributed by atoms with Crippen molar-refractivity contribution < 1.29 is 18.9 Å². The number of anilines is 1. The molecule has 0 saturated carbocycles. The molecular weight excluding hydrogens is 508 g/mol. The SMILES string of the molecule is COc1cc(Br)c(CCN)cc1OC.COc1cc2c(cc1OC)N(C(C)c1ccccc1)CC2. The largest absolute Gasteiger partial charge is 0.493 e. The van der Waals surface area contributed by atoms with Crippen molar-refractivity contribution in [3.63, 3.8) is 0 Å². The van der Waals surface area contributed by atoms with E-state index in [-0.39, 0.29) is 0 Å². The number of halogens is 1. The van der Waals surface area contributed by atoms with E-state index < -0.39 is 0 Å². The number of hydrogen-bond donors (Lipinski definition) is 1. The minimum Gasteiger partial charge on any atom is -0.493 e. The standard InChI is InChI=1S/C18H21NO2.C10H14BrNO2/c1-13(14-7-5-4-6-8-14)19-10-9-15-11-17(20-2)18(21-3)12-16(15)19;1-13-9-5-7(3-4-12)8(11)6-10(9)14-2/h4-8,11-13H,9-10H2,1-3H3;5-6H,3-4,12H2,1-2H3. The first-order chi connectivity index (χ1) is 17.0. The lowest BCUT2D eigenvalue weighted by Crippen LogP contribution is -2.24. The van der Waals surface area contributed by atoms with E-state index >= 15 is 0 Å². The minimum absolute atomic E-state index is 0.352. The van der Waals surface area contributed by atoms with Crippen molar-refractivity contribution in [1.29, 1.82) is 0 Å². The average molecular weight is 544 g/mol. The highest BCUT2D eigenvalue weighted by atomic mass is 79.9. The summed E-state index contributed by atoms with van der Waals surface area (Å²) in [5.74, 6) is 3.06. The van der Waals surface area contributed by atoms with Crippen molar-refractivity contribution in [2.45, 2.75) is 25.8 Å². The van der Waals surface area contributed by atoms with E-state index in [2.05, 4.69) is 70.2 Å². The van der Waals surface area contributed by atoms with Crippen molar-refractivity contribution in [3.05, 3.63) is 75.8 Å². The van der Waals surface area contributed by atoms with E-state index in [4.69, 9.17) is 24.7 Å². The van der Waals surface area contributed by atoms with E-state index in [1.165, 1.54) is 16.8 Å². The van der Waals surface area contributed by atoms with Crippen LogP contribution in [0.5, 0.6) is 23.0 Å². The third-order valence-corrected chi connectivity index (χ3v) is 6.97. The van der Waals surface area contributed by atoms with Gasteiger partial charge >= 0.3 is 0 Å². The van der Waals surface area contributed by atoms with Gasteiger partial charge in [0, 0.05) is 22.8 Å². The van der Waals surface area contributed by atoms with Crippen molar-refractivity contribution >= 4 is 21.6 Å². The molecule has 7 heteroatoms. The van der Waals surface area contributed by atoms with Gasteiger partial charge in [-0.25, -0.2) is 0 Å². The monoisotopic (exact) mass is 542 g/mol. The highest BCUT2D eigenvalue weighted by molar-refractivity contribution is 9.10. The summed E-state index contributed by atoms with van der Waals surface area (Å²) in [6.45, 7) is 3.90. The maximum atomic E-state index is 5.50. The quantitative estimate of drug-likeness (QED) is 0.388. The highest BCUT2D eigenvalue weighted by Gasteiger charge is 2.26. The van der Waals surface area contributed by atoms with Gasteiger partial charge in [-0.15, -0.1) is 0 Å². The molecule has 0 saturated heterocycles. The van der Waals surface area contributed by atoms with Gasteiger partial charge in [0.2, 0.25) is 0 Å². The molecule has 3 aromatic rings. The molecule has 35 heavy (non-hydrogen) atoms. The number of methoxy groups -OCH3 is 4. The average Bonchev–Trinajstić information content (AvgIpc) is 3.32. The summed E-state index contributed by atoms with van der Waals surface area (Å²) >= 11 is 3.46. The molecule has 1 aliphatic heterocycles. The molecule has 0 aliphatic carbocycles. The second-order valence-corrected chi connectivity index (χ2v) is 9.06. The number of benzene rings is 3. The summed E-state index contributed by atoms with van der Waals surface area (Å²) in [7, 11) is 6.61. The second kappa shape index (κ2) is 12.7. The van der Waals surface area contributed by atoms with Crippen LogP contribution >= 0.6 is 15.9 Å². The third kappa shape index (κ3) is 6.21. The van der Waals surface area contributed by atoms with Gasteiger partial charge in [0.15, 0.2) is 23.0 Å². The normalized spacial score (nSPS) is 12.8. The van der Waals surface area contributed by atoms with Crippen molar-refractivity contribution in [1.82, 2.24) is 0 Å². The van der Waals surface area contributed by atoms with Gasteiger partial charge in [0.25, 0.3) is 0 Å². The molecule has 188 valence electrons. The van der Waals surface area contributed by atoms with Gasteiger partial charge < -0.3 is 29.6 Å². The first kappa shape index (κ1) is 26.7. The lowest BCUT2D eigenvalue weighted by atomic mass is 10.1. The van der Waals surface area contributed by atoms with Crippen LogP contribution in [-0.2, 0) is 12.8 Å². The number of rotatable bonds is 8. The molecule has 2 N–H and O–H groups in total. The molecular formula is C28H35BrN2O4. The zero-order chi connectivity index (χ0) is 25.4.